The van der Waals surface area contributed by atoms with Crippen LogP contribution in [-0.2, 0) is 13.6 Å². The van der Waals surface area contributed by atoms with E-state index in [0.29, 0.717) is 12.1 Å². The molecule has 0 atom stereocenters. The molecular weight excluding hydrogens is 386 g/mol. The molecule has 4 nitrogen and oxygen atoms in total. The molecule has 0 radical (unpaired) electrons. The van der Waals surface area contributed by atoms with Crippen molar-refractivity contribution < 1.29 is 4.79 Å². The van der Waals surface area contributed by atoms with Gasteiger partial charge in [0.25, 0.3) is 5.91 Å². The highest BCUT2D eigenvalue weighted by Crippen LogP contribution is 2.22. The predicted octanol–water partition coefficient (Wildman–Crippen LogP) is 3.49. The van der Waals surface area contributed by atoms with E-state index in [2.05, 4.69) is 42.3 Å². The summed E-state index contributed by atoms with van der Waals surface area (Å²) in [5.41, 5.74) is 3.69. The van der Waals surface area contributed by atoms with Gasteiger partial charge in [0, 0.05) is 33.8 Å². The fourth-order valence-corrected chi connectivity index (χ4v) is 3.24. The molecule has 2 rings (SSSR count). The molecule has 0 aliphatic heterocycles. The van der Waals surface area contributed by atoms with Crippen molar-refractivity contribution in [2.24, 2.45) is 7.05 Å². The zero-order valence-electron chi connectivity index (χ0n) is 11.5. The van der Waals surface area contributed by atoms with Gasteiger partial charge in [-0.15, -0.1) is 0 Å². The van der Waals surface area contributed by atoms with Gasteiger partial charge in [-0.2, -0.15) is 5.10 Å². The molecule has 20 heavy (non-hydrogen) atoms. The molecule has 1 N–H and O–H groups in total. The molecule has 0 saturated heterocycles. The molecule has 106 valence electrons. The van der Waals surface area contributed by atoms with Crippen LogP contribution in [0.2, 0.25) is 0 Å². The van der Waals surface area contributed by atoms with Crippen molar-refractivity contribution in [2.75, 3.05) is 0 Å². The van der Waals surface area contributed by atoms with E-state index < -0.39 is 0 Å². The minimum absolute atomic E-state index is 0.105. The number of aromatic nitrogens is 2. The molecule has 0 spiro atoms. The van der Waals surface area contributed by atoms with Gasteiger partial charge in [0.2, 0.25) is 0 Å². The van der Waals surface area contributed by atoms with E-state index in [1.807, 2.05) is 37.7 Å². The third-order valence-electron chi connectivity index (χ3n) is 3.26. The van der Waals surface area contributed by atoms with Crippen molar-refractivity contribution in [3.8, 4) is 0 Å². The zero-order chi connectivity index (χ0) is 14.9. The van der Waals surface area contributed by atoms with Crippen LogP contribution in [-0.4, -0.2) is 15.7 Å². The SMILES string of the molecule is Cc1nn(C)c(C)c1CNC(=O)c1ccc(Br)cc1Br. The van der Waals surface area contributed by atoms with Crippen LogP contribution in [0.3, 0.4) is 0 Å². The maximum atomic E-state index is 12.2. The number of hydrogen-bond donors (Lipinski definition) is 1. The van der Waals surface area contributed by atoms with Gasteiger partial charge in [-0.3, -0.25) is 9.48 Å². The van der Waals surface area contributed by atoms with E-state index in [0.717, 1.165) is 25.9 Å². The Kier molecular flexibility index (Phi) is 4.65. The number of carbonyl (C=O) groups excluding carboxylic acids is 1. The molecule has 1 aromatic heterocycles. The molecule has 1 amide bonds. The number of halogens is 2. The molecule has 0 aliphatic rings. The van der Waals surface area contributed by atoms with Gasteiger partial charge in [0.05, 0.1) is 11.3 Å². The number of nitrogens with one attached hydrogen (secondary N) is 1. The van der Waals surface area contributed by atoms with E-state index in [1.165, 1.54) is 0 Å². The minimum atomic E-state index is -0.105. The summed E-state index contributed by atoms with van der Waals surface area (Å²) in [6.45, 7) is 4.42. The Morgan fingerprint density at radius 3 is 2.60 bits per heavy atom. The van der Waals surface area contributed by atoms with E-state index >= 15 is 0 Å². The molecule has 6 heteroatoms. The van der Waals surface area contributed by atoms with Gasteiger partial charge in [0.15, 0.2) is 0 Å². The highest BCUT2D eigenvalue weighted by Gasteiger charge is 2.13. The van der Waals surface area contributed by atoms with Crippen molar-refractivity contribution in [2.45, 2.75) is 20.4 Å². The molecule has 0 saturated carbocycles. The normalized spacial score (nSPS) is 10.7. The highest BCUT2D eigenvalue weighted by atomic mass is 79.9. The lowest BCUT2D eigenvalue weighted by molar-refractivity contribution is 0.0950. The van der Waals surface area contributed by atoms with Crippen molar-refractivity contribution in [3.05, 3.63) is 49.7 Å². The minimum Gasteiger partial charge on any atom is -0.348 e. The summed E-state index contributed by atoms with van der Waals surface area (Å²) in [4.78, 5) is 12.2. The number of aryl methyl sites for hydroxylation is 2. The molecule has 1 aromatic carbocycles. The summed E-state index contributed by atoms with van der Waals surface area (Å²) in [6, 6.07) is 5.49. The van der Waals surface area contributed by atoms with Crippen LogP contribution < -0.4 is 5.32 Å². The van der Waals surface area contributed by atoms with Crippen LogP contribution >= 0.6 is 31.9 Å². The monoisotopic (exact) mass is 399 g/mol. The van der Waals surface area contributed by atoms with Crippen molar-refractivity contribution in [3.63, 3.8) is 0 Å². The van der Waals surface area contributed by atoms with Gasteiger partial charge >= 0.3 is 0 Å². The smallest absolute Gasteiger partial charge is 0.252 e. The van der Waals surface area contributed by atoms with Crippen molar-refractivity contribution in [1.82, 2.24) is 15.1 Å². The summed E-state index contributed by atoms with van der Waals surface area (Å²) in [7, 11) is 1.90. The standard InChI is InChI=1S/C14H15Br2N3O/c1-8-12(9(2)19(3)18-8)7-17-14(20)11-5-4-10(15)6-13(11)16/h4-6H,7H2,1-3H3,(H,17,20). The van der Waals surface area contributed by atoms with E-state index in [-0.39, 0.29) is 5.91 Å². The van der Waals surface area contributed by atoms with Crippen LogP contribution in [0, 0.1) is 13.8 Å². The fourth-order valence-electron chi connectivity index (χ4n) is 2.01. The van der Waals surface area contributed by atoms with Crippen LogP contribution in [0.25, 0.3) is 0 Å². The first-order chi connectivity index (χ1) is 9.40. The molecule has 0 unspecified atom stereocenters. The number of nitrogens with zero attached hydrogens (tertiary/aromatic N) is 2. The topological polar surface area (TPSA) is 46.9 Å². The number of carbonyl (C=O) groups is 1. The van der Waals surface area contributed by atoms with Crippen LogP contribution in [0.4, 0.5) is 0 Å². The number of benzene rings is 1. The maximum absolute atomic E-state index is 12.2. The lowest BCUT2D eigenvalue weighted by Crippen LogP contribution is -2.23. The molecule has 2 aromatic rings. The van der Waals surface area contributed by atoms with Gasteiger partial charge in [-0.05, 0) is 48.0 Å². The second kappa shape index (κ2) is 6.10. The second-order valence-corrected chi connectivity index (χ2v) is 6.35. The molecule has 0 aliphatic carbocycles. The fraction of sp³-hybridized carbons (Fsp3) is 0.286. The average molecular weight is 401 g/mol. The third-order valence-corrected chi connectivity index (χ3v) is 4.41. The lowest BCUT2D eigenvalue weighted by atomic mass is 10.1. The average Bonchev–Trinajstić information content (AvgIpc) is 2.61. The van der Waals surface area contributed by atoms with E-state index in [1.54, 1.807) is 6.07 Å². The summed E-state index contributed by atoms with van der Waals surface area (Å²) in [6.07, 6.45) is 0. The van der Waals surface area contributed by atoms with E-state index in [9.17, 15) is 4.79 Å². The largest absolute Gasteiger partial charge is 0.348 e. The quantitative estimate of drug-likeness (QED) is 0.856. The maximum Gasteiger partial charge on any atom is 0.252 e. The second-order valence-electron chi connectivity index (χ2n) is 4.58. The number of amides is 1. The Hall–Kier alpha value is -1.14. The zero-order valence-corrected chi connectivity index (χ0v) is 14.7. The first-order valence-corrected chi connectivity index (χ1v) is 7.71. The Morgan fingerprint density at radius 1 is 1.35 bits per heavy atom. The lowest BCUT2D eigenvalue weighted by Gasteiger charge is -2.08. The van der Waals surface area contributed by atoms with Gasteiger partial charge in [0.1, 0.15) is 0 Å². The summed E-state index contributed by atoms with van der Waals surface area (Å²) >= 11 is 6.77. The van der Waals surface area contributed by atoms with Gasteiger partial charge in [-0.25, -0.2) is 0 Å². The summed E-state index contributed by atoms with van der Waals surface area (Å²) < 4.78 is 3.52. The number of rotatable bonds is 3. The van der Waals surface area contributed by atoms with Crippen LogP contribution in [0.15, 0.2) is 27.1 Å². The van der Waals surface area contributed by atoms with E-state index in [4.69, 9.17) is 0 Å². The molecule has 0 fully saturated rings. The molecule has 1 heterocycles. The first kappa shape index (κ1) is 15.3. The Labute approximate surface area is 134 Å². The van der Waals surface area contributed by atoms with Crippen LogP contribution in [0.5, 0.6) is 0 Å². The van der Waals surface area contributed by atoms with Gasteiger partial charge < -0.3 is 5.32 Å². The number of hydrogen-bond acceptors (Lipinski definition) is 2. The highest BCUT2D eigenvalue weighted by molar-refractivity contribution is 9.11. The Bertz CT molecular complexity index is 665. The third kappa shape index (κ3) is 3.12. The Morgan fingerprint density at radius 2 is 2.05 bits per heavy atom. The molecule has 0 bridgehead atoms. The van der Waals surface area contributed by atoms with Crippen molar-refractivity contribution >= 4 is 37.8 Å². The molecular formula is C14H15Br2N3O. The van der Waals surface area contributed by atoms with Crippen LogP contribution in [0.1, 0.15) is 27.3 Å². The Balaban J connectivity index is 2.12. The summed E-state index contributed by atoms with van der Waals surface area (Å²) in [5.74, 6) is -0.105. The van der Waals surface area contributed by atoms with Gasteiger partial charge in [-0.1, -0.05) is 15.9 Å². The predicted molar refractivity (Wildman–Crippen MR) is 85.7 cm³/mol. The first-order valence-electron chi connectivity index (χ1n) is 6.12. The summed E-state index contributed by atoms with van der Waals surface area (Å²) in [5, 5.41) is 7.27. The van der Waals surface area contributed by atoms with Crippen molar-refractivity contribution in [1.29, 1.82) is 0 Å².